The third-order valence-electron chi connectivity index (χ3n) is 3.65. The van der Waals surface area contributed by atoms with Crippen LogP contribution < -0.4 is 10.1 Å². The molecular weight excluding hydrogens is 312 g/mol. The van der Waals surface area contributed by atoms with Crippen molar-refractivity contribution in [1.29, 1.82) is 0 Å². The van der Waals surface area contributed by atoms with Gasteiger partial charge >= 0.3 is 0 Å². The molecule has 116 valence electrons. The number of halogens is 3. The van der Waals surface area contributed by atoms with Crippen molar-refractivity contribution in [3.8, 4) is 5.75 Å². The number of aromatic nitrogens is 2. The first kappa shape index (κ1) is 15.1. The summed E-state index contributed by atoms with van der Waals surface area (Å²) in [7, 11) is 0. The Morgan fingerprint density at radius 3 is 2.77 bits per heavy atom. The fraction of sp³-hybridized carbons (Fsp3) is 0.333. The molecule has 4 nitrogen and oxygen atoms in total. The van der Waals surface area contributed by atoms with E-state index < -0.39 is 17.7 Å². The van der Waals surface area contributed by atoms with E-state index in [0.29, 0.717) is 12.2 Å². The van der Waals surface area contributed by atoms with Crippen molar-refractivity contribution in [1.82, 2.24) is 15.3 Å². The summed E-state index contributed by atoms with van der Waals surface area (Å²) in [5.74, 6) is -1.63. The zero-order valence-electron chi connectivity index (χ0n) is 11.6. The van der Waals surface area contributed by atoms with Crippen molar-refractivity contribution in [2.45, 2.75) is 12.5 Å². The number of hydrogen-bond donors (Lipinski definition) is 1. The standard InChI is InChI=1S/C15H14ClF2N3O/c16-13-10(17)1-2-11(18)15(13)22-14(9-3-4-19-7-9)12-8-20-5-6-21-12/h1-2,5-6,8-9,14,19H,3-4,7H2/t9-,14?/m0/s1. The Morgan fingerprint density at radius 2 is 2.09 bits per heavy atom. The van der Waals surface area contributed by atoms with Crippen LogP contribution in [0.4, 0.5) is 8.78 Å². The van der Waals surface area contributed by atoms with Gasteiger partial charge in [0.1, 0.15) is 16.9 Å². The Hall–Kier alpha value is -1.79. The lowest BCUT2D eigenvalue weighted by Gasteiger charge is -2.24. The van der Waals surface area contributed by atoms with Gasteiger partial charge < -0.3 is 10.1 Å². The molecule has 1 unspecified atom stereocenters. The van der Waals surface area contributed by atoms with Gasteiger partial charge in [0.2, 0.25) is 0 Å². The molecule has 1 aromatic carbocycles. The molecule has 0 aliphatic carbocycles. The Labute approximate surface area is 131 Å². The van der Waals surface area contributed by atoms with E-state index in [1.807, 2.05) is 0 Å². The third-order valence-corrected chi connectivity index (χ3v) is 4.00. The summed E-state index contributed by atoms with van der Waals surface area (Å²) in [6.07, 6.45) is 4.95. The number of ether oxygens (including phenoxy) is 1. The fourth-order valence-corrected chi connectivity index (χ4v) is 2.73. The van der Waals surface area contributed by atoms with Gasteiger partial charge in [0.25, 0.3) is 0 Å². The molecule has 1 aliphatic heterocycles. The van der Waals surface area contributed by atoms with Crippen molar-refractivity contribution in [3.05, 3.63) is 53.1 Å². The van der Waals surface area contributed by atoms with Gasteiger partial charge in [-0.3, -0.25) is 9.97 Å². The quantitative estimate of drug-likeness (QED) is 0.877. The minimum Gasteiger partial charge on any atom is -0.479 e. The molecule has 0 bridgehead atoms. The molecule has 0 spiro atoms. The molecule has 0 saturated carbocycles. The van der Waals surface area contributed by atoms with Crippen LogP contribution in [0.2, 0.25) is 5.02 Å². The second kappa shape index (κ2) is 6.54. The van der Waals surface area contributed by atoms with Crippen molar-refractivity contribution in [3.63, 3.8) is 0 Å². The fourth-order valence-electron chi connectivity index (χ4n) is 2.53. The van der Waals surface area contributed by atoms with E-state index in [2.05, 4.69) is 15.3 Å². The third kappa shape index (κ3) is 3.03. The highest BCUT2D eigenvalue weighted by Gasteiger charge is 2.31. The first-order valence-electron chi connectivity index (χ1n) is 6.93. The van der Waals surface area contributed by atoms with Crippen LogP contribution in [0.3, 0.4) is 0 Å². The molecular formula is C15H14ClF2N3O. The average Bonchev–Trinajstić information content (AvgIpc) is 3.06. The van der Waals surface area contributed by atoms with Gasteiger partial charge in [-0.1, -0.05) is 11.6 Å². The van der Waals surface area contributed by atoms with Gasteiger partial charge in [-0.15, -0.1) is 0 Å². The van der Waals surface area contributed by atoms with Crippen molar-refractivity contribution < 1.29 is 13.5 Å². The molecule has 1 N–H and O–H groups in total. The summed E-state index contributed by atoms with van der Waals surface area (Å²) in [6, 6.07) is 1.97. The lowest BCUT2D eigenvalue weighted by atomic mass is 9.99. The first-order chi connectivity index (χ1) is 10.7. The van der Waals surface area contributed by atoms with Gasteiger partial charge in [0, 0.05) is 24.9 Å². The van der Waals surface area contributed by atoms with Crippen LogP contribution in [0, 0.1) is 17.6 Å². The molecule has 2 atom stereocenters. The van der Waals surface area contributed by atoms with Crippen LogP contribution >= 0.6 is 11.6 Å². The van der Waals surface area contributed by atoms with E-state index in [9.17, 15) is 8.78 Å². The van der Waals surface area contributed by atoms with Gasteiger partial charge in [-0.05, 0) is 25.1 Å². The molecule has 1 aromatic heterocycles. The lowest BCUT2D eigenvalue weighted by molar-refractivity contribution is 0.133. The number of nitrogens with zero attached hydrogens (tertiary/aromatic N) is 2. The van der Waals surface area contributed by atoms with E-state index in [1.54, 1.807) is 12.4 Å². The normalized spacial score (nSPS) is 19.1. The Morgan fingerprint density at radius 1 is 1.27 bits per heavy atom. The van der Waals surface area contributed by atoms with E-state index in [4.69, 9.17) is 16.3 Å². The summed E-state index contributed by atoms with van der Waals surface area (Å²) < 4.78 is 33.3. The molecule has 7 heteroatoms. The topological polar surface area (TPSA) is 47.0 Å². The maximum Gasteiger partial charge on any atom is 0.177 e. The van der Waals surface area contributed by atoms with E-state index in [0.717, 1.165) is 25.1 Å². The highest BCUT2D eigenvalue weighted by Crippen LogP contribution is 2.37. The van der Waals surface area contributed by atoms with Crippen LogP contribution in [0.1, 0.15) is 18.2 Å². The van der Waals surface area contributed by atoms with Gasteiger partial charge in [-0.25, -0.2) is 8.78 Å². The van der Waals surface area contributed by atoms with Gasteiger partial charge in [-0.2, -0.15) is 0 Å². The Kier molecular flexibility index (Phi) is 4.49. The summed E-state index contributed by atoms with van der Waals surface area (Å²) in [6.45, 7) is 1.54. The Bertz CT molecular complexity index is 651. The molecule has 2 aromatic rings. The predicted molar refractivity (Wildman–Crippen MR) is 77.7 cm³/mol. The predicted octanol–water partition coefficient (Wildman–Crippen LogP) is 3.14. The average molecular weight is 326 g/mol. The van der Waals surface area contributed by atoms with Crippen LogP contribution in [-0.2, 0) is 0 Å². The van der Waals surface area contributed by atoms with Crippen LogP contribution in [-0.4, -0.2) is 23.1 Å². The zero-order chi connectivity index (χ0) is 15.5. The zero-order valence-corrected chi connectivity index (χ0v) is 12.4. The monoisotopic (exact) mass is 325 g/mol. The van der Waals surface area contributed by atoms with Crippen LogP contribution in [0.5, 0.6) is 5.75 Å². The maximum absolute atomic E-state index is 14.0. The minimum absolute atomic E-state index is 0.0791. The molecule has 3 rings (SSSR count). The number of nitrogens with one attached hydrogen (secondary N) is 1. The van der Waals surface area contributed by atoms with Crippen LogP contribution in [0.15, 0.2) is 30.7 Å². The molecule has 0 amide bonds. The lowest BCUT2D eigenvalue weighted by Crippen LogP contribution is -2.23. The molecule has 0 radical (unpaired) electrons. The van der Waals surface area contributed by atoms with Crippen molar-refractivity contribution >= 4 is 11.6 Å². The summed E-state index contributed by atoms with van der Waals surface area (Å²) in [5, 5.41) is 2.86. The first-order valence-corrected chi connectivity index (χ1v) is 7.31. The number of hydrogen-bond acceptors (Lipinski definition) is 4. The maximum atomic E-state index is 14.0. The highest BCUT2D eigenvalue weighted by molar-refractivity contribution is 6.32. The second-order valence-electron chi connectivity index (χ2n) is 5.09. The smallest absolute Gasteiger partial charge is 0.177 e. The van der Waals surface area contributed by atoms with Crippen molar-refractivity contribution in [2.75, 3.05) is 13.1 Å². The molecule has 1 saturated heterocycles. The number of benzene rings is 1. The van der Waals surface area contributed by atoms with Crippen molar-refractivity contribution in [2.24, 2.45) is 5.92 Å². The summed E-state index contributed by atoms with van der Waals surface area (Å²) >= 11 is 5.85. The second-order valence-corrected chi connectivity index (χ2v) is 5.47. The SMILES string of the molecule is Fc1ccc(F)c(OC(c2cnccn2)[C@H]2CCNC2)c1Cl. The molecule has 2 heterocycles. The molecule has 1 fully saturated rings. The Balaban J connectivity index is 1.95. The van der Waals surface area contributed by atoms with E-state index >= 15 is 0 Å². The van der Waals surface area contributed by atoms with E-state index in [1.165, 1.54) is 6.20 Å². The molecule has 22 heavy (non-hydrogen) atoms. The highest BCUT2D eigenvalue weighted by atomic mass is 35.5. The van der Waals surface area contributed by atoms with E-state index in [-0.39, 0.29) is 16.7 Å². The van der Waals surface area contributed by atoms with Gasteiger partial charge in [0.05, 0.1) is 11.9 Å². The summed E-state index contributed by atoms with van der Waals surface area (Å²) in [5.41, 5.74) is 0.566. The number of rotatable bonds is 4. The summed E-state index contributed by atoms with van der Waals surface area (Å²) in [4.78, 5) is 8.24. The minimum atomic E-state index is -0.722. The molecule has 1 aliphatic rings. The van der Waals surface area contributed by atoms with Crippen LogP contribution in [0.25, 0.3) is 0 Å². The largest absolute Gasteiger partial charge is 0.479 e. The van der Waals surface area contributed by atoms with Gasteiger partial charge in [0.15, 0.2) is 11.6 Å².